The molecule has 1 N–H and O–H groups in total. The molecule has 0 unspecified atom stereocenters. The zero-order chi connectivity index (χ0) is 17.3. The molecule has 1 aromatic rings. The molecule has 2 aliphatic heterocycles. The predicted octanol–water partition coefficient (Wildman–Crippen LogP) is 1.30. The Kier molecular flexibility index (Phi) is 5.39. The van der Waals surface area contributed by atoms with Crippen molar-refractivity contribution in [3.63, 3.8) is 0 Å². The van der Waals surface area contributed by atoms with E-state index in [4.69, 9.17) is 11.6 Å². The molecule has 132 valence electrons. The maximum Gasteiger partial charge on any atom is 0.256 e. The number of carbonyl (C=O) groups excluding carboxylic acids is 1. The number of nitrogens with zero attached hydrogens (tertiary/aromatic N) is 3. The highest BCUT2D eigenvalue weighted by atomic mass is 35.5. The molecule has 2 heterocycles. The van der Waals surface area contributed by atoms with E-state index in [1.807, 2.05) is 0 Å². The fraction of sp³-hybridized carbons (Fsp3) is 0.588. The summed E-state index contributed by atoms with van der Waals surface area (Å²) in [5, 5.41) is 10.8. The topological polar surface area (TPSA) is 47.0 Å². The third kappa shape index (κ3) is 3.72. The van der Waals surface area contributed by atoms with Crippen molar-refractivity contribution in [2.24, 2.45) is 0 Å². The van der Waals surface area contributed by atoms with Crippen LogP contribution in [0, 0.1) is 5.82 Å². The summed E-state index contributed by atoms with van der Waals surface area (Å²) in [6.07, 6.45) is 0.0760. The highest BCUT2D eigenvalue weighted by Gasteiger charge is 2.35. The standard InChI is InChI=1S/C17H23ClFN3O2/c1-20-6-8-21(9-7-20)15-4-5-22(11-16(15)23)17(24)13-10-12(18)2-3-14(13)19/h2-3,10,15-16,23H,4-9,11H2,1H3/t15-,16-/m1/s1. The van der Waals surface area contributed by atoms with E-state index < -0.39 is 17.8 Å². The number of β-amino-alcohol motifs (C(OH)–C–C–N with tert-alkyl or cyclic N) is 1. The van der Waals surface area contributed by atoms with Crippen molar-refractivity contribution < 1.29 is 14.3 Å². The van der Waals surface area contributed by atoms with Crippen molar-refractivity contribution in [1.82, 2.24) is 14.7 Å². The smallest absolute Gasteiger partial charge is 0.256 e. The van der Waals surface area contributed by atoms with Crippen molar-refractivity contribution in [1.29, 1.82) is 0 Å². The van der Waals surface area contributed by atoms with Gasteiger partial charge in [0.2, 0.25) is 0 Å². The normalized spacial score (nSPS) is 26.6. The van der Waals surface area contributed by atoms with Gasteiger partial charge in [-0.25, -0.2) is 4.39 Å². The molecule has 0 bridgehead atoms. The molecule has 2 atom stereocenters. The minimum Gasteiger partial charge on any atom is -0.390 e. The molecular weight excluding hydrogens is 333 g/mol. The molecule has 0 aliphatic carbocycles. The molecule has 0 saturated carbocycles. The Bertz CT molecular complexity index is 607. The van der Waals surface area contributed by atoms with Gasteiger partial charge in [-0.05, 0) is 31.7 Å². The number of halogens is 2. The first-order chi connectivity index (χ1) is 11.5. The molecule has 7 heteroatoms. The van der Waals surface area contributed by atoms with Crippen LogP contribution in [0.2, 0.25) is 5.02 Å². The highest BCUT2D eigenvalue weighted by Crippen LogP contribution is 2.22. The summed E-state index contributed by atoms with van der Waals surface area (Å²) in [5.74, 6) is -0.994. The maximum absolute atomic E-state index is 13.9. The number of amides is 1. The first kappa shape index (κ1) is 17.6. The van der Waals surface area contributed by atoms with Crippen LogP contribution in [-0.2, 0) is 0 Å². The van der Waals surface area contributed by atoms with Gasteiger partial charge in [0.05, 0.1) is 11.7 Å². The van der Waals surface area contributed by atoms with Gasteiger partial charge >= 0.3 is 0 Å². The van der Waals surface area contributed by atoms with E-state index in [9.17, 15) is 14.3 Å². The third-order valence-corrected chi connectivity index (χ3v) is 5.23. The maximum atomic E-state index is 13.9. The number of hydrogen-bond donors (Lipinski definition) is 1. The van der Waals surface area contributed by atoms with E-state index in [0.29, 0.717) is 18.0 Å². The molecule has 3 rings (SSSR count). The molecule has 2 saturated heterocycles. The van der Waals surface area contributed by atoms with Crippen molar-refractivity contribution in [3.8, 4) is 0 Å². The van der Waals surface area contributed by atoms with Gasteiger partial charge in [0.25, 0.3) is 5.91 Å². The summed E-state index contributed by atoms with van der Waals surface area (Å²) in [7, 11) is 2.09. The number of likely N-dealkylation sites (N-methyl/N-ethyl adjacent to an activating group) is 1. The lowest BCUT2D eigenvalue weighted by molar-refractivity contribution is -0.0220. The first-order valence-electron chi connectivity index (χ1n) is 8.30. The summed E-state index contributed by atoms with van der Waals surface area (Å²) in [5.41, 5.74) is -0.0345. The van der Waals surface area contributed by atoms with Gasteiger partial charge in [0, 0.05) is 50.3 Å². The summed E-state index contributed by atoms with van der Waals surface area (Å²) in [6.45, 7) is 4.56. The number of carbonyl (C=O) groups is 1. The average molecular weight is 356 g/mol. The van der Waals surface area contributed by atoms with E-state index in [0.717, 1.165) is 26.2 Å². The van der Waals surface area contributed by atoms with Crippen LogP contribution in [0.1, 0.15) is 16.8 Å². The molecule has 24 heavy (non-hydrogen) atoms. The molecule has 1 aromatic carbocycles. The van der Waals surface area contributed by atoms with E-state index in [1.54, 1.807) is 0 Å². The number of piperidine rings is 1. The van der Waals surface area contributed by atoms with Crippen LogP contribution in [-0.4, -0.2) is 84.2 Å². The molecule has 0 spiro atoms. The van der Waals surface area contributed by atoms with Crippen molar-refractivity contribution in [2.75, 3.05) is 46.3 Å². The summed E-state index contributed by atoms with van der Waals surface area (Å²) in [6, 6.07) is 4.02. The number of benzene rings is 1. The number of aliphatic hydroxyl groups is 1. The second kappa shape index (κ2) is 7.35. The fourth-order valence-corrected chi connectivity index (χ4v) is 3.69. The Morgan fingerprint density at radius 2 is 1.96 bits per heavy atom. The molecule has 2 fully saturated rings. The molecular formula is C17H23ClFN3O2. The van der Waals surface area contributed by atoms with E-state index in [-0.39, 0.29) is 18.2 Å². The monoisotopic (exact) mass is 355 g/mol. The van der Waals surface area contributed by atoms with Gasteiger partial charge in [-0.15, -0.1) is 0 Å². The van der Waals surface area contributed by atoms with Crippen LogP contribution in [0.4, 0.5) is 4.39 Å². The van der Waals surface area contributed by atoms with Gasteiger partial charge in [0.15, 0.2) is 0 Å². The minimum atomic E-state index is -0.617. The van der Waals surface area contributed by atoms with E-state index in [1.165, 1.54) is 23.1 Å². The molecule has 0 radical (unpaired) electrons. The predicted molar refractivity (Wildman–Crippen MR) is 90.8 cm³/mol. The Morgan fingerprint density at radius 1 is 1.25 bits per heavy atom. The number of aliphatic hydroxyl groups excluding tert-OH is 1. The second-order valence-corrected chi connectivity index (χ2v) is 7.07. The highest BCUT2D eigenvalue weighted by molar-refractivity contribution is 6.31. The minimum absolute atomic E-state index is 0.0345. The van der Waals surface area contributed by atoms with Gasteiger partial charge in [-0.1, -0.05) is 11.6 Å². The number of piperazine rings is 1. The average Bonchev–Trinajstić information content (AvgIpc) is 2.57. The van der Waals surface area contributed by atoms with Gasteiger partial charge < -0.3 is 14.9 Å². The fourth-order valence-electron chi connectivity index (χ4n) is 3.51. The largest absolute Gasteiger partial charge is 0.390 e. The summed E-state index contributed by atoms with van der Waals surface area (Å²) >= 11 is 5.87. The van der Waals surface area contributed by atoms with Crippen LogP contribution in [0.15, 0.2) is 18.2 Å². The quantitative estimate of drug-likeness (QED) is 0.868. The van der Waals surface area contributed by atoms with Crippen LogP contribution >= 0.6 is 11.6 Å². The van der Waals surface area contributed by atoms with Crippen LogP contribution in [0.25, 0.3) is 0 Å². The lowest BCUT2D eigenvalue weighted by Crippen LogP contribution is -2.59. The number of rotatable bonds is 2. The first-order valence-corrected chi connectivity index (χ1v) is 8.68. The number of likely N-dealkylation sites (tertiary alicyclic amines) is 1. The van der Waals surface area contributed by atoms with E-state index in [2.05, 4.69) is 16.8 Å². The Hall–Kier alpha value is -1.21. The zero-order valence-electron chi connectivity index (χ0n) is 13.8. The van der Waals surface area contributed by atoms with Crippen molar-refractivity contribution >= 4 is 17.5 Å². The summed E-state index contributed by atoms with van der Waals surface area (Å²) < 4.78 is 13.9. The lowest BCUT2D eigenvalue weighted by Gasteiger charge is -2.44. The molecule has 0 aromatic heterocycles. The Balaban J connectivity index is 1.64. The Morgan fingerprint density at radius 3 is 2.62 bits per heavy atom. The molecule has 1 amide bonds. The molecule has 5 nitrogen and oxygen atoms in total. The second-order valence-electron chi connectivity index (χ2n) is 6.64. The Labute approximate surface area is 146 Å². The summed E-state index contributed by atoms with van der Waals surface area (Å²) in [4.78, 5) is 18.6. The SMILES string of the molecule is CN1CCN([C@@H]2CCN(C(=O)c3cc(Cl)ccc3F)C[C@H]2O)CC1. The van der Waals surface area contributed by atoms with Gasteiger partial charge in [0.1, 0.15) is 5.82 Å². The van der Waals surface area contributed by atoms with Crippen LogP contribution in [0.5, 0.6) is 0 Å². The lowest BCUT2D eigenvalue weighted by atomic mass is 9.98. The van der Waals surface area contributed by atoms with Crippen molar-refractivity contribution in [3.05, 3.63) is 34.6 Å². The van der Waals surface area contributed by atoms with Gasteiger partial charge in [-0.2, -0.15) is 0 Å². The van der Waals surface area contributed by atoms with Gasteiger partial charge in [-0.3, -0.25) is 9.69 Å². The third-order valence-electron chi connectivity index (χ3n) is 5.00. The van der Waals surface area contributed by atoms with Crippen LogP contribution < -0.4 is 0 Å². The van der Waals surface area contributed by atoms with E-state index >= 15 is 0 Å². The van der Waals surface area contributed by atoms with Crippen LogP contribution in [0.3, 0.4) is 0 Å². The molecule has 2 aliphatic rings. The zero-order valence-corrected chi connectivity index (χ0v) is 14.5. The van der Waals surface area contributed by atoms with Crippen molar-refractivity contribution in [2.45, 2.75) is 18.6 Å². The number of hydrogen-bond acceptors (Lipinski definition) is 4.